The number of quaternary nitrogens is 1. The lowest BCUT2D eigenvalue weighted by atomic mass is 10.3. The van der Waals surface area contributed by atoms with Crippen LogP contribution in [-0.4, -0.2) is 57.1 Å². The Morgan fingerprint density at radius 1 is 1.18 bits per heavy atom. The number of thiazole rings is 1. The Morgan fingerprint density at radius 3 is 2.68 bits per heavy atom. The van der Waals surface area contributed by atoms with Gasteiger partial charge in [0.1, 0.15) is 19.5 Å². The molecule has 1 amide bonds. The summed E-state index contributed by atoms with van der Waals surface area (Å²) in [5, 5.41) is 0.630. The maximum absolute atomic E-state index is 13.1. The van der Waals surface area contributed by atoms with Crippen molar-refractivity contribution in [2.45, 2.75) is 13.8 Å². The van der Waals surface area contributed by atoms with E-state index in [2.05, 4.69) is 13.8 Å². The lowest BCUT2D eigenvalue weighted by Gasteiger charge is -2.24. The minimum atomic E-state index is -0.231. The number of carbonyl (C=O) groups excluding carboxylic acids is 1. The maximum atomic E-state index is 13.1. The van der Waals surface area contributed by atoms with E-state index in [4.69, 9.17) is 23.9 Å². The molecule has 0 fully saturated rings. The van der Waals surface area contributed by atoms with Crippen molar-refractivity contribution in [3.05, 3.63) is 24.2 Å². The molecule has 2 aliphatic heterocycles. The van der Waals surface area contributed by atoms with Gasteiger partial charge < -0.3 is 23.8 Å². The van der Waals surface area contributed by atoms with E-state index >= 15 is 0 Å². The zero-order valence-corrected chi connectivity index (χ0v) is 16.8. The highest BCUT2D eigenvalue weighted by molar-refractivity contribution is 7.22. The number of hydrogen-bond donors (Lipinski definition) is 1. The second-order valence-electron chi connectivity index (χ2n) is 6.53. The second kappa shape index (κ2) is 8.24. The minimum absolute atomic E-state index is 0.217. The Labute approximate surface area is 167 Å². The summed E-state index contributed by atoms with van der Waals surface area (Å²) in [5.74, 6) is 1.38. The number of fused-ring (bicyclic) bond motifs is 2. The molecule has 3 heterocycles. The fourth-order valence-corrected chi connectivity index (χ4v) is 4.19. The third-order valence-electron chi connectivity index (χ3n) is 4.90. The summed E-state index contributed by atoms with van der Waals surface area (Å²) in [6.07, 6.45) is 1.40. The molecule has 9 heteroatoms. The fourth-order valence-electron chi connectivity index (χ4n) is 3.19. The lowest BCUT2D eigenvalue weighted by molar-refractivity contribution is -0.894. The van der Waals surface area contributed by atoms with Gasteiger partial charge in [0.2, 0.25) is 12.6 Å². The van der Waals surface area contributed by atoms with Gasteiger partial charge in [-0.25, -0.2) is 4.98 Å². The van der Waals surface area contributed by atoms with E-state index in [1.54, 1.807) is 4.90 Å². The highest BCUT2D eigenvalue weighted by Crippen LogP contribution is 2.39. The molecule has 28 heavy (non-hydrogen) atoms. The van der Waals surface area contributed by atoms with Gasteiger partial charge in [-0.15, -0.1) is 0 Å². The molecule has 0 saturated carbocycles. The summed E-state index contributed by atoms with van der Waals surface area (Å²) in [7, 11) is 0. The Hall–Kier alpha value is -2.52. The number of anilines is 1. The molecule has 1 N–H and O–H groups in total. The monoisotopic (exact) mass is 406 g/mol. The summed E-state index contributed by atoms with van der Waals surface area (Å²) in [4.78, 5) is 20.9. The van der Waals surface area contributed by atoms with Crippen LogP contribution >= 0.6 is 11.3 Å². The number of ether oxygens (including phenoxy) is 4. The zero-order chi connectivity index (χ0) is 19.5. The van der Waals surface area contributed by atoms with E-state index in [1.165, 1.54) is 22.5 Å². The van der Waals surface area contributed by atoms with Crippen molar-refractivity contribution < 1.29 is 28.6 Å². The summed E-state index contributed by atoms with van der Waals surface area (Å²) in [5.41, 5.74) is 0.784. The molecule has 150 valence electrons. The van der Waals surface area contributed by atoms with E-state index in [9.17, 15) is 4.79 Å². The third kappa shape index (κ3) is 3.72. The highest BCUT2D eigenvalue weighted by atomic mass is 32.1. The standard InChI is InChI=1S/C19H23N3O5S/c1-3-21(4-2)5-6-22(18(23)16-11-24-7-8-25-16)19-20-13-9-14-15(27-12-26-14)10-17(13)28-19/h9-11H,3-8,12H2,1-2H3/p+1. The number of carbonyl (C=O) groups is 1. The van der Waals surface area contributed by atoms with Crippen LogP contribution < -0.4 is 19.3 Å². The summed E-state index contributed by atoms with van der Waals surface area (Å²) < 4.78 is 22.6. The number of nitrogens with one attached hydrogen (secondary N) is 1. The molecule has 2 aliphatic rings. The third-order valence-corrected chi connectivity index (χ3v) is 5.94. The van der Waals surface area contributed by atoms with Gasteiger partial charge in [0.05, 0.1) is 36.4 Å². The number of benzene rings is 1. The van der Waals surface area contributed by atoms with Crippen LogP contribution in [0, 0.1) is 0 Å². The molecule has 1 aromatic carbocycles. The summed E-state index contributed by atoms with van der Waals surface area (Å²) in [6.45, 7) is 8.71. The van der Waals surface area contributed by atoms with Crippen LogP contribution in [0.3, 0.4) is 0 Å². The number of amides is 1. The van der Waals surface area contributed by atoms with Crippen LogP contribution in [0.5, 0.6) is 11.5 Å². The Balaban J connectivity index is 1.64. The van der Waals surface area contributed by atoms with Crippen molar-refractivity contribution in [1.29, 1.82) is 0 Å². The minimum Gasteiger partial charge on any atom is -0.494 e. The molecular weight excluding hydrogens is 382 g/mol. The Bertz CT molecular complexity index is 852. The van der Waals surface area contributed by atoms with Crippen molar-refractivity contribution in [3.63, 3.8) is 0 Å². The fraction of sp³-hybridized carbons (Fsp3) is 0.474. The summed E-state index contributed by atoms with van der Waals surface area (Å²) >= 11 is 1.46. The van der Waals surface area contributed by atoms with E-state index in [-0.39, 0.29) is 18.5 Å². The molecule has 0 spiro atoms. The molecule has 1 aromatic heterocycles. The first-order chi connectivity index (χ1) is 13.7. The van der Waals surface area contributed by atoms with E-state index in [0.717, 1.165) is 29.9 Å². The zero-order valence-electron chi connectivity index (χ0n) is 16.0. The number of nitrogens with zero attached hydrogens (tertiary/aromatic N) is 2. The average molecular weight is 406 g/mol. The van der Waals surface area contributed by atoms with E-state index < -0.39 is 0 Å². The quantitative estimate of drug-likeness (QED) is 0.744. The van der Waals surface area contributed by atoms with Gasteiger partial charge in [-0.3, -0.25) is 9.69 Å². The van der Waals surface area contributed by atoms with Gasteiger partial charge in [-0.1, -0.05) is 11.3 Å². The van der Waals surface area contributed by atoms with Crippen molar-refractivity contribution in [2.75, 3.05) is 51.1 Å². The molecule has 4 rings (SSSR count). The van der Waals surface area contributed by atoms with Gasteiger partial charge >= 0.3 is 0 Å². The van der Waals surface area contributed by atoms with Crippen molar-refractivity contribution in [3.8, 4) is 11.5 Å². The van der Waals surface area contributed by atoms with E-state index in [1.807, 2.05) is 12.1 Å². The Kier molecular flexibility index (Phi) is 5.54. The molecule has 0 atom stereocenters. The SMILES string of the molecule is CC[NH+](CC)CCN(C(=O)C1=COCCO1)c1nc2cc3c(cc2s1)OCO3. The predicted molar refractivity (Wildman–Crippen MR) is 105 cm³/mol. The van der Waals surface area contributed by atoms with Crippen LogP contribution in [-0.2, 0) is 14.3 Å². The van der Waals surface area contributed by atoms with Crippen molar-refractivity contribution in [1.82, 2.24) is 4.98 Å². The van der Waals surface area contributed by atoms with Crippen molar-refractivity contribution >= 4 is 32.6 Å². The van der Waals surface area contributed by atoms with Crippen molar-refractivity contribution in [2.24, 2.45) is 0 Å². The normalized spacial score (nSPS) is 15.3. The highest BCUT2D eigenvalue weighted by Gasteiger charge is 2.28. The average Bonchev–Trinajstić information content (AvgIpc) is 3.35. The molecule has 0 unspecified atom stereocenters. The van der Waals surface area contributed by atoms with Gasteiger partial charge in [0, 0.05) is 12.1 Å². The Morgan fingerprint density at radius 2 is 1.96 bits per heavy atom. The topological polar surface area (TPSA) is 74.6 Å². The first-order valence-corrected chi connectivity index (χ1v) is 10.3. The number of rotatable bonds is 7. The molecule has 0 aliphatic carbocycles. The van der Waals surface area contributed by atoms with Crippen LogP contribution in [0.25, 0.3) is 10.2 Å². The van der Waals surface area contributed by atoms with Gasteiger partial charge in [-0.05, 0) is 13.8 Å². The molecular formula is C19H24N3O5S+. The molecule has 0 bridgehead atoms. The predicted octanol–water partition coefficient (Wildman–Crippen LogP) is 1.17. The first kappa shape index (κ1) is 18.8. The summed E-state index contributed by atoms with van der Waals surface area (Å²) in [6, 6.07) is 3.77. The second-order valence-corrected chi connectivity index (χ2v) is 7.54. The number of hydrogen-bond acceptors (Lipinski definition) is 7. The van der Waals surface area contributed by atoms with Crippen LogP contribution in [0.4, 0.5) is 5.13 Å². The van der Waals surface area contributed by atoms with E-state index in [0.29, 0.717) is 36.4 Å². The first-order valence-electron chi connectivity index (χ1n) is 9.49. The molecule has 2 aromatic rings. The lowest BCUT2D eigenvalue weighted by Crippen LogP contribution is -3.12. The number of aromatic nitrogens is 1. The maximum Gasteiger partial charge on any atom is 0.298 e. The van der Waals surface area contributed by atoms with Crippen LogP contribution in [0.15, 0.2) is 24.2 Å². The smallest absolute Gasteiger partial charge is 0.298 e. The van der Waals surface area contributed by atoms with Gasteiger partial charge in [-0.2, -0.15) is 0 Å². The molecule has 0 saturated heterocycles. The van der Waals surface area contributed by atoms with Gasteiger partial charge in [0.15, 0.2) is 16.6 Å². The molecule has 8 nitrogen and oxygen atoms in total. The number of likely N-dealkylation sites (N-methyl/N-ethyl adjacent to an activating group) is 1. The van der Waals surface area contributed by atoms with Crippen LogP contribution in [0.1, 0.15) is 13.8 Å². The van der Waals surface area contributed by atoms with Crippen LogP contribution in [0.2, 0.25) is 0 Å². The largest absolute Gasteiger partial charge is 0.494 e. The van der Waals surface area contributed by atoms with Gasteiger partial charge in [0.25, 0.3) is 5.91 Å². The molecule has 0 radical (unpaired) electrons.